The van der Waals surface area contributed by atoms with E-state index in [9.17, 15) is 0 Å². The lowest BCUT2D eigenvalue weighted by Crippen LogP contribution is -2.37. The van der Waals surface area contributed by atoms with Crippen molar-refractivity contribution in [1.82, 2.24) is 5.32 Å². The van der Waals surface area contributed by atoms with E-state index in [1.165, 1.54) is 18.4 Å². The number of rotatable bonds is 5. The molecule has 2 unspecified atom stereocenters. The average molecular weight is 275 g/mol. The van der Waals surface area contributed by atoms with Crippen molar-refractivity contribution in [2.24, 2.45) is 16.8 Å². The van der Waals surface area contributed by atoms with E-state index in [2.05, 4.69) is 10.5 Å². The Morgan fingerprint density at radius 1 is 1.30 bits per heavy atom. The second-order valence-electron chi connectivity index (χ2n) is 5.63. The summed E-state index contributed by atoms with van der Waals surface area (Å²) in [5.74, 6) is 0.917. The zero-order chi connectivity index (χ0) is 13.9. The molecule has 1 heterocycles. The molecular formula is C15H21N3O2. The number of hydrogen-bond acceptors (Lipinski definition) is 4. The summed E-state index contributed by atoms with van der Waals surface area (Å²) in [6, 6.07) is 8.22. The highest BCUT2D eigenvalue weighted by atomic mass is 16.5. The first-order chi connectivity index (χ1) is 9.78. The molecule has 1 saturated heterocycles. The lowest BCUT2D eigenvalue weighted by atomic mass is 10.1. The fourth-order valence-electron chi connectivity index (χ4n) is 2.82. The van der Waals surface area contributed by atoms with E-state index in [0.717, 1.165) is 31.1 Å². The van der Waals surface area contributed by atoms with Gasteiger partial charge in [0.2, 0.25) is 0 Å². The van der Waals surface area contributed by atoms with Crippen molar-refractivity contribution < 1.29 is 9.94 Å². The Balaban J connectivity index is 1.55. The predicted molar refractivity (Wildman–Crippen MR) is 76.7 cm³/mol. The van der Waals surface area contributed by atoms with Gasteiger partial charge in [-0.05, 0) is 30.7 Å². The van der Waals surface area contributed by atoms with Gasteiger partial charge in [0.15, 0.2) is 5.84 Å². The monoisotopic (exact) mass is 275 g/mol. The third kappa shape index (κ3) is 2.94. The van der Waals surface area contributed by atoms with Gasteiger partial charge in [-0.2, -0.15) is 0 Å². The van der Waals surface area contributed by atoms with Gasteiger partial charge in [-0.1, -0.05) is 29.4 Å². The first-order valence-electron chi connectivity index (χ1n) is 7.20. The maximum absolute atomic E-state index is 8.63. The molecule has 2 atom stereocenters. The Morgan fingerprint density at radius 2 is 2.05 bits per heavy atom. The molecule has 3 rings (SSSR count). The van der Waals surface area contributed by atoms with Gasteiger partial charge >= 0.3 is 0 Å². The highest BCUT2D eigenvalue weighted by Crippen LogP contribution is 2.38. The zero-order valence-electron chi connectivity index (χ0n) is 11.5. The molecule has 5 nitrogen and oxygen atoms in total. The van der Waals surface area contributed by atoms with Crippen LogP contribution in [0.2, 0.25) is 0 Å². The largest absolute Gasteiger partial charge is 0.409 e. The summed E-state index contributed by atoms with van der Waals surface area (Å²) in [6.45, 7) is 1.70. The van der Waals surface area contributed by atoms with Crippen LogP contribution in [0, 0.1) is 5.92 Å². The highest BCUT2D eigenvalue weighted by Gasteiger charge is 2.40. The van der Waals surface area contributed by atoms with Crippen LogP contribution in [0.1, 0.15) is 30.4 Å². The highest BCUT2D eigenvalue weighted by molar-refractivity contribution is 5.96. The summed E-state index contributed by atoms with van der Waals surface area (Å²) < 4.78 is 5.82. The van der Waals surface area contributed by atoms with Crippen molar-refractivity contribution in [2.45, 2.75) is 38.0 Å². The normalized spacial score (nSPS) is 26.9. The molecule has 4 N–H and O–H groups in total. The van der Waals surface area contributed by atoms with E-state index in [1.807, 2.05) is 24.3 Å². The number of amidine groups is 1. The molecule has 0 spiro atoms. The minimum atomic E-state index is 0.141. The number of nitrogens with two attached hydrogens (primary N) is 1. The Kier molecular flexibility index (Phi) is 3.89. The molecule has 2 aliphatic rings. The fourth-order valence-corrected chi connectivity index (χ4v) is 2.82. The summed E-state index contributed by atoms with van der Waals surface area (Å²) >= 11 is 0. The van der Waals surface area contributed by atoms with E-state index in [0.29, 0.717) is 12.1 Å². The van der Waals surface area contributed by atoms with Gasteiger partial charge in [-0.25, -0.2) is 0 Å². The van der Waals surface area contributed by atoms with Gasteiger partial charge in [-0.3, -0.25) is 0 Å². The Labute approximate surface area is 118 Å². The molecule has 5 heteroatoms. The minimum Gasteiger partial charge on any atom is -0.409 e. The predicted octanol–water partition coefficient (Wildman–Crippen LogP) is 1.44. The first-order valence-corrected chi connectivity index (χ1v) is 7.20. The second-order valence-corrected chi connectivity index (χ2v) is 5.63. The number of nitrogens with zero attached hydrogens (tertiary/aromatic N) is 1. The van der Waals surface area contributed by atoms with Crippen LogP contribution in [0.3, 0.4) is 0 Å². The van der Waals surface area contributed by atoms with E-state index in [-0.39, 0.29) is 5.84 Å². The quantitative estimate of drug-likeness (QED) is 0.329. The van der Waals surface area contributed by atoms with Gasteiger partial charge in [0.25, 0.3) is 0 Å². The van der Waals surface area contributed by atoms with Gasteiger partial charge in [-0.15, -0.1) is 0 Å². The van der Waals surface area contributed by atoms with Crippen LogP contribution < -0.4 is 11.1 Å². The van der Waals surface area contributed by atoms with E-state index in [1.54, 1.807) is 0 Å². The lowest BCUT2D eigenvalue weighted by Gasteiger charge is -2.19. The summed E-state index contributed by atoms with van der Waals surface area (Å²) in [5, 5.41) is 15.2. The Bertz CT molecular complexity index is 482. The Morgan fingerprint density at radius 3 is 2.70 bits per heavy atom. The standard InChI is InChI=1S/C15H21N3O2/c16-15(18-19)12-3-1-10(2-4-12)9-17-13-7-8-20-14(13)11-5-6-11/h1-4,11,13-14,17,19H,5-9H2,(H2,16,18). The van der Waals surface area contributed by atoms with Crippen LogP contribution in [0.25, 0.3) is 0 Å². The number of nitrogens with one attached hydrogen (secondary N) is 1. The van der Waals surface area contributed by atoms with Crippen molar-refractivity contribution in [2.75, 3.05) is 6.61 Å². The molecule has 2 fully saturated rings. The number of ether oxygens (including phenoxy) is 1. The van der Waals surface area contributed by atoms with Crippen LogP contribution in [0.5, 0.6) is 0 Å². The topological polar surface area (TPSA) is 79.9 Å². The van der Waals surface area contributed by atoms with Crippen LogP contribution in [-0.2, 0) is 11.3 Å². The molecule has 0 bridgehead atoms. The zero-order valence-corrected chi connectivity index (χ0v) is 11.5. The van der Waals surface area contributed by atoms with Gasteiger partial charge in [0, 0.05) is 24.8 Å². The van der Waals surface area contributed by atoms with Crippen molar-refractivity contribution >= 4 is 5.84 Å². The molecule has 0 aromatic heterocycles. The smallest absolute Gasteiger partial charge is 0.170 e. The van der Waals surface area contributed by atoms with Gasteiger partial charge in [0.05, 0.1) is 6.10 Å². The molecule has 1 saturated carbocycles. The molecule has 1 aromatic carbocycles. The van der Waals surface area contributed by atoms with E-state index in [4.69, 9.17) is 15.7 Å². The maximum atomic E-state index is 8.63. The van der Waals surface area contributed by atoms with Crippen LogP contribution in [-0.4, -0.2) is 29.8 Å². The third-order valence-corrected chi connectivity index (χ3v) is 4.15. The molecule has 20 heavy (non-hydrogen) atoms. The van der Waals surface area contributed by atoms with E-state index >= 15 is 0 Å². The van der Waals surface area contributed by atoms with Gasteiger partial charge in [0.1, 0.15) is 0 Å². The Hall–Kier alpha value is -1.59. The maximum Gasteiger partial charge on any atom is 0.170 e. The lowest BCUT2D eigenvalue weighted by molar-refractivity contribution is 0.0809. The van der Waals surface area contributed by atoms with E-state index < -0.39 is 0 Å². The molecule has 0 amide bonds. The number of oxime groups is 1. The van der Waals surface area contributed by atoms with Crippen molar-refractivity contribution in [3.8, 4) is 0 Å². The molecule has 0 radical (unpaired) electrons. The first kappa shape index (κ1) is 13.4. The van der Waals surface area contributed by atoms with Crippen LogP contribution in [0.4, 0.5) is 0 Å². The summed E-state index contributed by atoms with van der Waals surface area (Å²) in [7, 11) is 0. The van der Waals surface area contributed by atoms with Crippen molar-refractivity contribution in [3.05, 3.63) is 35.4 Å². The van der Waals surface area contributed by atoms with Crippen molar-refractivity contribution in [3.63, 3.8) is 0 Å². The average Bonchev–Trinajstić information content (AvgIpc) is 3.23. The van der Waals surface area contributed by atoms with Crippen LogP contribution >= 0.6 is 0 Å². The fraction of sp³-hybridized carbons (Fsp3) is 0.533. The van der Waals surface area contributed by atoms with Crippen LogP contribution in [0.15, 0.2) is 29.4 Å². The summed E-state index contributed by atoms with van der Waals surface area (Å²) in [4.78, 5) is 0. The summed E-state index contributed by atoms with van der Waals surface area (Å²) in [6.07, 6.45) is 4.14. The van der Waals surface area contributed by atoms with Crippen molar-refractivity contribution in [1.29, 1.82) is 0 Å². The SMILES string of the molecule is N/C(=N/O)c1ccc(CNC2CCOC2C2CC2)cc1. The minimum absolute atomic E-state index is 0.141. The molecule has 108 valence electrons. The van der Waals surface area contributed by atoms with Gasteiger partial charge < -0.3 is 21.0 Å². The molecule has 1 aliphatic carbocycles. The second kappa shape index (κ2) is 5.81. The molecule has 1 aromatic rings. The third-order valence-electron chi connectivity index (χ3n) is 4.15. The summed E-state index contributed by atoms with van der Waals surface area (Å²) in [5.41, 5.74) is 7.47. The number of benzene rings is 1. The number of hydrogen-bond donors (Lipinski definition) is 3. The molecule has 1 aliphatic heterocycles. The molecular weight excluding hydrogens is 254 g/mol.